The molecule has 7 nitrogen and oxygen atoms in total. The standard InChI is InChI=1S/C17H23N3O4S/c21-16(19-14-7-8-14)12-18-17(22)13-5-4-6-15(11-13)25(23,24)20-9-2-1-3-10-20/h4-6,11,14H,1-3,7-10,12H2,(H,18,22)(H,19,21). The van der Waals surface area contributed by atoms with E-state index in [4.69, 9.17) is 0 Å². The summed E-state index contributed by atoms with van der Waals surface area (Å²) >= 11 is 0. The average molecular weight is 365 g/mol. The molecule has 1 aromatic carbocycles. The summed E-state index contributed by atoms with van der Waals surface area (Å²) in [7, 11) is -3.58. The number of piperidine rings is 1. The highest BCUT2D eigenvalue weighted by atomic mass is 32.2. The third-order valence-electron chi connectivity index (χ3n) is 4.40. The van der Waals surface area contributed by atoms with Gasteiger partial charge in [0, 0.05) is 24.7 Å². The van der Waals surface area contributed by atoms with Crippen LogP contribution >= 0.6 is 0 Å². The topological polar surface area (TPSA) is 95.6 Å². The number of amides is 2. The van der Waals surface area contributed by atoms with Crippen LogP contribution in [0, 0.1) is 0 Å². The lowest BCUT2D eigenvalue weighted by Crippen LogP contribution is -2.38. The predicted molar refractivity (Wildman–Crippen MR) is 92.5 cm³/mol. The van der Waals surface area contributed by atoms with E-state index < -0.39 is 15.9 Å². The number of nitrogens with one attached hydrogen (secondary N) is 2. The maximum Gasteiger partial charge on any atom is 0.251 e. The number of nitrogens with zero attached hydrogens (tertiary/aromatic N) is 1. The first-order valence-electron chi connectivity index (χ1n) is 8.64. The van der Waals surface area contributed by atoms with Crippen molar-refractivity contribution < 1.29 is 18.0 Å². The summed E-state index contributed by atoms with van der Waals surface area (Å²) in [6.45, 7) is 0.915. The Labute approximate surface area is 147 Å². The summed E-state index contributed by atoms with van der Waals surface area (Å²) in [6, 6.07) is 6.21. The molecule has 1 saturated carbocycles. The van der Waals surface area contributed by atoms with Crippen LogP contribution in [0.4, 0.5) is 0 Å². The lowest BCUT2D eigenvalue weighted by molar-refractivity contribution is -0.120. The highest BCUT2D eigenvalue weighted by Crippen LogP contribution is 2.21. The second-order valence-electron chi connectivity index (χ2n) is 6.52. The van der Waals surface area contributed by atoms with Crippen LogP contribution in [0.15, 0.2) is 29.2 Å². The summed E-state index contributed by atoms with van der Waals surface area (Å²) in [5.74, 6) is -0.686. The number of carbonyl (C=O) groups excluding carboxylic acids is 2. The van der Waals surface area contributed by atoms with E-state index in [1.807, 2.05) is 0 Å². The lowest BCUT2D eigenvalue weighted by atomic mass is 10.2. The summed E-state index contributed by atoms with van der Waals surface area (Å²) in [5, 5.41) is 5.31. The normalized spacial score (nSPS) is 18.6. The Hall–Kier alpha value is -1.93. The fourth-order valence-electron chi connectivity index (χ4n) is 2.82. The zero-order valence-electron chi connectivity index (χ0n) is 14.0. The zero-order valence-corrected chi connectivity index (χ0v) is 14.8. The lowest BCUT2D eigenvalue weighted by Gasteiger charge is -2.26. The molecule has 136 valence electrons. The molecule has 2 amide bonds. The van der Waals surface area contributed by atoms with Gasteiger partial charge in [0.15, 0.2) is 0 Å². The zero-order chi connectivity index (χ0) is 17.9. The molecule has 1 aromatic rings. The fourth-order valence-corrected chi connectivity index (χ4v) is 4.38. The minimum absolute atomic E-state index is 0.113. The molecule has 25 heavy (non-hydrogen) atoms. The third kappa shape index (κ3) is 4.58. The Balaban J connectivity index is 1.65. The molecule has 1 aliphatic carbocycles. The summed E-state index contributed by atoms with van der Waals surface area (Å²) in [4.78, 5) is 24.0. The van der Waals surface area contributed by atoms with E-state index in [9.17, 15) is 18.0 Å². The molecule has 3 rings (SSSR count). The van der Waals surface area contributed by atoms with E-state index in [1.54, 1.807) is 12.1 Å². The van der Waals surface area contributed by atoms with Crippen molar-refractivity contribution in [3.05, 3.63) is 29.8 Å². The Kier molecular flexibility index (Phi) is 5.39. The highest BCUT2D eigenvalue weighted by molar-refractivity contribution is 7.89. The second-order valence-corrected chi connectivity index (χ2v) is 8.45. The Morgan fingerprint density at radius 1 is 1.12 bits per heavy atom. The first kappa shape index (κ1) is 17.9. The molecular weight excluding hydrogens is 342 g/mol. The van der Waals surface area contributed by atoms with E-state index in [0.717, 1.165) is 32.1 Å². The van der Waals surface area contributed by atoms with Gasteiger partial charge in [-0.25, -0.2) is 8.42 Å². The molecule has 1 heterocycles. The Morgan fingerprint density at radius 3 is 2.52 bits per heavy atom. The molecule has 2 fully saturated rings. The molecule has 0 spiro atoms. The number of benzene rings is 1. The smallest absolute Gasteiger partial charge is 0.251 e. The maximum atomic E-state index is 12.7. The van der Waals surface area contributed by atoms with Gasteiger partial charge >= 0.3 is 0 Å². The van der Waals surface area contributed by atoms with Crippen molar-refractivity contribution in [3.8, 4) is 0 Å². The van der Waals surface area contributed by atoms with E-state index in [2.05, 4.69) is 10.6 Å². The number of hydrogen-bond acceptors (Lipinski definition) is 4. The van der Waals surface area contributed by atoms with Crippen molar-refractivity contribution in [2.24, 2.45) is 0 Å². The summed E-state index contributed by atoms with van der Waals surface area (Å²) in [5.41, 5.74) is 0.234. The van der Waals surface area contributed by atoms with E-state index in [0.29, 0.717) is 13.1 Å². The molecule has 8 heteroatoms. The van der Waals surface area contributed by atoms with Gasteiger partial charge in [-0.05, 0) is 43.9 Å². The van der Waals surface area contributed by atoms with Gasteiger partial charge in [0.25, 0.3) is 5.91 Å². The van der Waals surface area contributed by atoms with Gasteiger partial charge in [-0.15, -0.1) is 0 Å². The Morgan fingerprint density at radius 2 is 1.84 bits per heavy atom. The largest absolute Gasteiger partial charge is 0.352 e. The van der Waals surface area contributed by atoms with Crippen LogP contribution in [0.1, 0.15) is 42.5 Å². The van der Waals surface area contributed by atoms with Crippen LogP contribution in [0.5, 0.6) is 0 Å². The van der Waals surface area contributed by atoms with Crippen molar-refractivity contribution in [1.29, 1.82) is 0 Å². The van der Waals surface area contributed by atoms with Crippen molar-refractivity contribution in [2.75, 3.05) is 19.6 Å². The van der Waals surface area contributed by atoms with Gasteiger partial charge in [-0.2, -0.15) is 4.31 Å². The molecule has 2 aliphatic rings. The van der Waals surface area contributed by atoms with Gasteiger partial charge in [0.1, 0.15) is 0 Å². The van der Waals surface area contributed by atoms with Crippen LogP contribution in [0.3, 0.4) is 0 Å². The van der Waals surface area contributed by atoms with Crippen molar-refractivity contribution in [3.63, 3.8) is 0 Å². The van der Waals surface area contributed by atoms with Crippen LogP contribution < -0.4 is 10.6 Å². The molecule has 0 radical (unpaired) electrons. The average Bonchev–Trinajstić information content (AvgIpc) is 3.44. The fraction of sp³-hybridized carbons (Fsp3) is 0.529. The molecular formula is C17H23N3O4S. The highest BCUT2D eigenvalue weighted by Gasteiger charge is 2.27. The number of sulfonamides is 1. The molecule has 0 atom stereocenters. The SMILES string of the molecule is O=C(CNC(=O)c1cccc(S(=O)(=O)N2CCCCC2)c1)NC1CC1. The Bertz CT molecular complexity index is 753. The van der Waals surface area contributed by atoms with E-state index >= 15 is 0 Å². The quantitative estimate of drug-likeness (QED) is 0.782. The van der Waals surface area contributed by atoms with Gasteiger partial charge in [-0.3, -0.25) is 9.59 Å². The predicted octanol–water partition coefficient (Wildman–Crippen LogP) is 0.870. The molecule has 1 aliphatic heterocycles. The van der Waals surface area contributed by atoms with Crippen molar-refractivity contribution in [1.82, 2.24) is 14.9 Å². The van der Waals surface area contributed by atoms with Gasteiger partial charge in [0.05, 0.1) is 11.4 Å². The van der Waals surface area contributed by atoms with Gasteiger partial charge < -0.3 is 10.6 Å². The molecule has 0 aromatic heterocycles. The van der Waals surface area contributed by atoms with E-state index in [-0.39, 0.29) is 29.0 Å². The van der Waals surface area contributed by atoms with Crippen molar-refractivity contribution >= 4 is 21.8 Å². The van der Waals surface area contributed by atoms with Gasteiger partial charge in [0.2, 0.25) is 15.9 Å². The first-order chi connectivity index (χ1) is 12.0. The minimum atomic E-state index is -3.58. The minimum Gasteiger partial charge on any atom is -0.352 e. The molecule has 2 N–H and O–H groups in total. The molecule has 0 bridgehead atoms. The van der Waals surface area contributed by atoms with Crippen LogP contribution in [0.25, 0.3) is 0 Å². The number of rotatable bonds is 6. The first-order valence-corrected chi connectivity index (χ1v) is 10.1. The number of hydrogen-bond donors (Lipinski definition) is 2. The van der Waals surface area contributed by atoms with Gasteiger partial charge in [-0.1, -0.05) is 12.5 Å². The second kappa shape index (κ2) is 7.53. The van der Waals surface area contributed by atoms with Crippen LogP contribution in [-0.4, -0.2) is 50.2 Å². The molecule has 0 unspecified atom stereocenters. The van der Waals surface area contributed by atoms with Crippen molar-refractivity contribution in [2.45, 2.75) is 43.0 Å². The maximum absolute atomic E-state index is 12.7. The molecule has 1 saturated heterocycles. The monoisotopic (exact) mass is 365 g/mol. The third-order valence-corrected chi connectivity index (χ3v) is 6.30. The summed E-state index contributed by atoms with van der Waals surface area (Å²) < 4.78 is 26.8. The number of carbonyl (C=O) groups is 2. The van der Waals surface area contributed by atoms with Crippen LogP contribution in [0.2, 0.25) is 0 Å². The van der Waals surface area contributed by atoms with E-state index in [1.165, 1.54) is 16.4 Å². The summed E-state index contributed by atoms with van der Waals surface area (Å²) in [6.07, 6.45) is 4.72. The van der Waals surface area contributed by atoms with Crippen LogP contribution in [-0.2, 0) is 14.8 Å².